The summed E-state index contributed by atoms with van der Waals surface area (Å²) in [7, 11) is 0. The van der Waals surface area contributed by atoms with Crippen molar-refractivity contribution in [2.24, 2.45) is 5.92 Å². The summed E-state index contributed by atoms with van der Waals surface area (Å²) in [6, 6.07) is 4.92. The maximum atomic E-state index is 11.8. The van der Waals surface area contributed by atoms with Crippen LogP contribution in [0.3, 0.4) is 0 Å². The van der Waals surface area contributed by atoms with Gasteiger partial charge in [0, 0.05) is 12.0 Å². The molecule has 0 atom stereocenters. The zero-order chi connectivity index (χ0) is 15.1. The molecule has 1 N–H and O–H groups in total. The molecular weight excluding hydrogens is 278 g/mol. The number of carbonyl (C=O) groups excluding carboxylic acids is 2. The van der Waals surface area contributed by atoms with Crippen LogP contribution in [0.4, 0.5) is 5.69 Å². The van der Waals surface area contributed by atoms with Crippen molar-refractivity contribution in [3.05, 3.63) is 23.8 Å². The lowest BCUT2D eigenvalue weighted by atomic mass is 10.1. The molecule has 1 aromatic carbocycles. The fraction of sp³-hybridized carbons (Fsp3) is 0.467. The van der Waals surface area contributed by atoms with E-state index in [0.717, 1.165) is 0 Å². The van der Waals surface area contributed by atoms with Gasteiger partial charge in [-0.1, -0.05) is 13.8 Å². The third-order valence-corrected chi connectivity index (χ3v) is 2.84. The molecule has 1 aromatic rings. The van der Waals surface area contributed by atoms with Gasteiger partial charge in [-0.2, -0.15) is 0 Å². The van der Waals surface area contributed by atoms with Crippen LogP contribution >= 0.6 is 11.6 Å². The van der Waals surface area contributed by atoms with Crippen LogP contribution < -0.4 is 10.1 Å². The minimum Gasteiger partial charge on any atom is -0.492 e. The standard InChI is InChI=1S/C15H20ClNO3/c1-4-20-14-8-11(13(18)9-16)5-6-12(14)17-15(19)7-10(2)3/h5-6,8,10H,4,7,9H2,1-3H3,(H,17,19). The summed E-state index contributed by atoms with van der Waals surface area (Å²) in [5, 5.41) is 2.80. The normalized spacial score (nSPS) is 10.4. The number of rotatable bonds is 7. The SMILES string of the molecule is CCOc1cc(C(=O)CCl)ccc1NC(=O)CC(C)C. The number of nitrogens with one attached hydrogen (secondary N) is 1. The summed E-state index contributed by atoms with van der Waals surface area (Å²) >= 11 is 5.54. The van der Waals surface area contributed by atoms with Crippen molar-refractivity contribution < 1.29 is 14.3 Å². The number of ether oxygens (including phenoxy) is 1. The van der Waals surface area contributed by atoms with E-state index in [4.69, 9.17) is 16.3 Å². The molecule has 0 saturated heterocycles. The number of hydrogen-bond acceptors (Lipinski definition) is 3. The van der Waals surface area contributed by atoms with Crippen molar-refractivity contribution in [2.45, 2.75) is 27.2 Å². The smallest absolute Gasteiger partial charge is 0.224 e. The quantitative estimate of drug-likeness (QED) is 0.619. The molecular formula is C15H20ClNO3. The summed E-state index contributed by atoms with van der Waals surface area (Å²) < 4.78 is 5.47. The molecule has 110 valence electrons. The van der Waals surface area contributed by atoms with E-state index in [0.29, 0.717) is 30.0 Å². The van der Waals surface area contributed by atoms with E-state index < -0.39 is 0 Å². The van der Waals surface area contributed by atoms with E-state index in [9.17, 15) is 9.59 Å². The predicted molar refractivity (Wildman–Crippen MR) is 80.7 cm³/mol. The first-order valence-corrected chi connectivity index (χ1v) is 7.17. The van der Waals surface area contributed by atoms with Crippen LogP contribution in [0.15, 0.2) is 18.2 Å². The lowest BCUT2D eigenvalue weighted by molar-refractivity contribution is -0.116. The maximum Gasteiger partial charge on any atom is 0.224 e. The van der Waals surface area contributed by atoms with E-state index in [2.05, 4.69) is 5.32 Å². The average molecular weight is 298 g/mol. The lowest BCUT2D eigenvalue weighted by Crippen LogP contribution is -2.15. The van der Waals surface area contributed by atoms with Crippen LogP contribution in [0.2, 0.25) is 0 Å². The molecule has 0 fully saturated rings. The molecule has 0 aliphatic carbocycles. The Kier molecular flexibility index (Phi) is 6.52. The highest BCUT2D eigenvalue weighted by molar-refractivity contribution is 6.30. The zero-order valence-corrected chi connectivity index (χ0v) is 12.8. The molecule has 0 aromatic heterocycles. The fourth-order valence-electron chi connectivity index (χ4n) is 1.72. The molecule has 0 bridgehead atoms. The van der Waals surface area contributed by atoms with Gasteiger partial charge in [-0.25, -0.2) is 0 Å². The third-order valence-electron chi connectivity index (χ3n) is 2.59. The van der Waals surface area contributed by atoms with Crippen molar-refractivity contribution in [1.29, 1.82) is 0 Å². The summed E-state index contributed by atoms with van der Waals surface area (Å²) in [6.07, 6.45) is 0.438. The molecule has 1 amide bonds. The summed E-state index contributed by atoms with van der Waals surface area (Å²) in [5.74, 6) is 0.443. The van der Waals surface area contributed by atoms with Gasteiger partial charge in [-0.05, 0) is 31.0 Å². The first-order valence-electron chi connectivity index (χ1n) is 6.63. The summed E-state index contributed by atoms with van der Waals surface area (Å²) in [6.45, 7) is 6.25. The minimum absolute atomic E-state index is 0.0719. The van der Waals surface area contributed by atoms with E-state index in [1.54, 1.807) is 18.2 Å². The monoisotopic (exact) mass is 297 g/mol. The molecule has 0 radical (unpaired) electrons. The topological polar surface area (TPSA) is 55.4 Å². The number of hydrogen-bond donors (Lipinski definition) is 1. The Balaban J connectivity index is 2.95. The van der Waals surface area contributed by atoms with E-state index in [1.807, 2.05) is 20.8 Å². The molecule has 0 aliphatic rings. The van der Waals surface area contributed by atoms with Gasteiger partial charge >= 0.3 is 0 Å². The van der Waals surface area contributed by atoms with Crippen molar-refractivity contribution in [1.82, 2.24) is 0 Å². The highest BCUT2D eigenvalue weighted by Gasteiger charge is 2.12. The second kappa shape index (κ2) is 7.90. The van der Waals surface area contributed by atoms with Gasteiger partial charge in [0.2, 0.25) is 5.91 Å². The third kappa shape index (κ3) is 4.85. The number of ketones is 1. The molecule has 0 spiro atoms. The van der Waals surface area contributed by atoms with Gasteiger partial charge in [0.25, 0.3) is 0 Å². The maximum absolute atomic E-state index is 11.8. The number of Topliss-reactive ketones (excluding diaryl/α,β-unsaturated/α-hetero) is 1. The zero-order valence-electron chi connectivity index (χ0n) is 12.0. The largest absolute Gasteiger partial charge is 0.492 e. The fourth-order valence-corrected chi connectivity index (χ4v) is 1.88. The molecule has 4 nitrogen and oxygen atoms in total. The highest BCUT2D eigenvalue weighted by atomic mass is 35.5. The summed E-state index contributed by atoms with van der Waals surface area (Å²) in [5.41, 5.74) is 1.05. The Morgan fingerprint density at radius 3 is 2.60 bits per heavy atom. The second-order valence-electron chi connectivity index (χ2n) is 4.85. The first-order chi connectivity index (χ1) is 9.47. The van der Waals surface area contributed by atoms with Gasteiger partial charge in [0.15, 0.2) is 5.78 Å². The highest BCUT2D eigenvalue weighted by Crippen LogP contribution is 2.27. The number of benzene rings is 1. The van der Waals surface area contributed by atoms with E-state index >= 15 is 0 Å². The van der Waals surface area contributed by atoms with Crippen molar-refractivity contribution >= 4 is 29.0 Å². The lowest BCUT2D eigenvalue weighted by Gasteiger charge is -2.13. The Morgan fingerprint density at radius 1 is 1.35 bits per heavy atom. The van der Waals surface area contributed by atoms with Crippen molar-refractivity contribution in [3.8, 4) is 5.75 Å². The predicted octanol–water partition coefficient (Wildman–Crippen LogP) is 3.49. The van der Waals surface area contributed by atoms with Crippen LogP contribution in [-0.2, 0) is 4.79 Å². The number of anilines is 1. The Bertz CT molecular complexity index is 486. The van der Waals surface area contributed by atoms with Crippen LogP contribution in [-0.4, -0.2) is 24.2 Å². The molecule has 0 saturated carbocycles. The first kappa shape index (κ1) is 16.5. The molecule has 0 aliphatic heterocycles. The van der Waals surface area contributed by atoms with Gasteiger partial charge in [0.05, 0.1) is 18.2 Å². The van der Waals surface area contributed by atoms with Gasteiger partial charge in [-0.15, -0.1) is 11.6 Å². The number of amides is 1. The van der Waals surface area contributed by atoms with E-state index in [1.165, 1.54) is 0 Å². The Hall–Kier alpha value is -1.55. The van der Waals surface area contributed by atoms with Crippen molar-refractivity contribution in [3.63, 3.8) is 0 Å². The van der Waals surface area contributed by atoms with Crippen LogP contribution in [0.1, 0.15) is 37.6 Å². The summed E-state index contributed by atoms with van der Waals surface area (Å²) in [4.78, 5) is 23.4. The second-order valence-corrected chi connectivity index (χ2v) is 5.11. The van der Waals surface area contributed by atoms with Gasteiger partial charge < -0.3 is 10.1 Å². The molecule has 1 rings (SSSR count). The van der Waals surface area contributed by atoms with Gasteiger partial charge in [-0.3, -0.25) is 9.59 Å². The average Bonchev–Trinajstić information content (AvgIpc) is 2.39. The van der Waals surface area contributed by atoms with Crippen LogP contribution in [0.25, 0.3) is 0 Å². The molecule has 20 heavy (non-hydrogen) atoms. The van der Waals surface area contributed by atoms with Crippen LogP contribution in [0.5, 0.6) is 5.75 Å². The van der Waals surface area contributed by atoms with Crippen LogP contribution in [0, 0.1) is 5.92 Å². The van der Waals surface area contributed by atoms with Gasteiger partial charge in [0.1, 0.15) is 5.75 Å². The van der Waals surface area contributed by atoms with E-state index in [-0.39, 0.29) is 23.5 Å². The number of alkyl halides is 1. The molecule has 0 heterocycles. The Labute approximate surface area is 124 Å². The molecule has 0 unspecified atom stereocenters. The number of halogens is 1. The molecule has 5 heteroatoms. The number of carbonyl (C=O) groups is 2. The minimum atomic E-state index is -0.173. The van der Waals surface area contributed by atoms with Crippen molar-refractivity contribution in [2.75, 3.05) is 17.8 Å². The Morgan fingerprint density at radius 2 is 2.05 bits per heavy atom.